The van der Waals surface area contributed by atoms with E-state index in [0.29, 0.717) is 0 Å². The van der Waals surface area contributed by atoms with Crippen LogP contribution >= 0.6 is 0 Å². The summed E-state index contributed by atoms with van der Waals surface area (Å²) >= 11 is 0. The number of aromatic nitrogens is 2. The van der Waals surface area contributed by atoms with E-state index in [1.165, 1.54) is 11.1 Å². The fraction of sp³-hybridized carbons (Fsp3) is 0.174. The minimum atomic E-state index is 0.793. The third-order valence-electron chi connectivity index (χ3n) is 4.43. The van der Waals surface area contributed by atoms with Crippen molar-refractivity contribution in [1.82, 2.24) is 9.55 Å². The minimum Gasteiger partial charge on any atom is -0.457 e. The van der Waals surface area contributed by atoms with Crippen molar-refractivity contribution in [3.8, 4) is 11.5 Å². The molecule has 3 nitrogen and oxygen atoms in total. The maximum atomic E-state index is 5.98. The highest BCUT2D eigenvalue weighted by Gasteiger charge is 2.10. The molecule has 0 amide bonds. The number of benzene rings is 3. The summed E-state index contributed by atoms with van der Waals surface area (Å²) in [6.07, 6.45) is 2.06. The molecule has 0 aliphatic heterocycles. The molecule has 130 valence electrons. The topological polar surface area (TPSA) is 27.1 Å². The van der Waals surface area contributed by atoms with Gasteiger partial charge in [0.15, 0.2) is 0 Å². The van der Waals surface area contributed by atoms with Gasteiger partial charge in [0.1, 0.15) is 17.3 Å². The molecule has 0 aliphatic carbocycles. The molecule has 0 fully saturated rings. The summed E-state index contributed by atoms with van der Waals surface area (Å²) in [6.45, 7) is 2.99. The molecule has 4 rings (SSSR count). The number of rotatable bonds is 6. The Morgan fingerprint density at radius 2 is 1.62 bits per heavy atom. The summed E-state index contributed by atoms with van der Waals surface area (Å²) in [6, 6.07) is 26.5. The predicted molar refractivity (Wildman–Crippen MR) is 106 cm³/mol. The molecule has 0 saturated heterocycles. The Balaban J connectivity index is 1.64. The second-order valence-electron chi connectivity index (χ2n) is 6.42. The van der Waals surface area contributed by atoms with Crippen molar-refractivity contribution in [2.75, 3.05) is 0 Å². The molecule has 0 saturated carbocycles. The summed E-state index contributed by atoms with van der Waals surface area (Å²) < 4.78 is 8.30. The standard InChI is InChI=1S/C23H22N2O/c1-2-9-23-24-21-14-6-7-15-22(21)25(23)17-18-10-8-13-20(16-18)26-19-11-4-3-5-12-19/h3-8,10-16H,2,9,17H2,1H3. The van der Waals surface area contributed by atoms with Crippen LogP contribution < -0.4 is 4.74 Å². The molecule has 0 radical (unpaired) electrons. The van der Waals surface area contributed by atoms with E-state index in [2.05, 4.69) is 41.8 Å². The smallest absolute Gasteiger partial charge is 0.127 e. The number of ether oxygens (including phenoxy) is 1. The SMILES string of the molecule is CCCc1nc2ccccc2n1Cc1cccc(Oc2ccccc2)c1. The Bertz CT molecular complexity index is 1010. The Kier molecular flexibility index (Phi) is 4.69. The number of hydrogen-bond acceptors (Lipinski definition) is 2. The summed E-state index contributed by atoms with van der Waals surface area (Å²) in [7, 11) is 0. The Morgan fingerprint density at radius 1 is 0.846 bits per heavy atom. The van der Waals surface area contributed by atoms with Gasteiger partial charge in [0, 0.05) is 13.0 Å². The Labute approximate surface area is 153 Å². The van der Waals surface area contributed by atoms with Crippen molar-refractivity contribution >= 4 is 11.0 Å². The van der Waals surface area contributed by atoms with Gasteiger partial charge in [-0.05, 0) is 48.4 Å². The largest absolute Gasteiger partial charge is 0.457 e. The van der Waals surface area contributed by atoms with Crippen LogP contribution in [-0.4, -0.2) is 9.55 Å². The summed E-state index contributed by atoms with van der Waals surface area (Å²) in [5, 5.41) is 0. The fourth-order valence-corrected chi connectivity index (χ4v) is 3.23. The third-order valence-corrected chi connectivity index (χ3v) is 4.43. The molecule has 1 heterocycles. The zero-order valence-electron chi connectivity index (χ0n) is 14.9. The van der Waals surface area contributed by atoms with Crippen molar-refractivity contribution in [1.29, 1.82) is 0 Å². The van der Waals surface area contributed by atoms with Crippen LogP contribution in [0.1, 0.15) is 24.7 Å². The molecule has 0 aliphatic rings. The van der Waals surface area contributed by atoms with Crippen LogP contribution in [0.15, 0.2) is 78.9 Å². The van der Waals surface area contributed by atoms with Crippen LogP contribution in [0.2, 0.25) is 0 Å². The van der Waals surface area contributed by atoms with E-state index in [-0.39, 0.29) is 0 Å². The summed E-state index contributed by atoms with van der Waals surface area (Å²) in [5.41, 5.74) is 3.46. The lowest BCUT2D eigenvalue weighted by molar-refractivity contribution is 0.481. The van der Waals surface area contributed by atoms with Gasteiger partial charge in [-0.15, -0.1) is 0 Å². The van der Waals surface area contributed by atoms with E-state index in [9.17, 15) is 0 Å². The molecule has 1 aromatic heterocycles. The number of para-hydroxylation sites is 3. The molecule has 4 aromatic rings. The van der Waals surface area contributed by atoms with E-state index in [0.717, 1.165) is 42.2 Å². The normalized spacial score (nSPS) is 11.0. The van der Waals surface area contributed by atoms with Gasteiger partial charge in [-0.2, -0.15) is 0 Å². The first-order valence-corrected chi connectivity index (χ1v) is 9.09. The number of hydrogen-bond donors (Lipinski definition) is 0. The van der Waals surface area contributed by atoms with Crippen molar-refractivity contribution in [3.05, 3.63) is 90.3 Å². The second-order valence-corrected chi connectivity index (χ2v) is 6.42. The van der Waals surface area contributed by atoms with Crippen LogP contribution in [0.25, 0.3) is 11.0 Å². The molecule has 3 heteroatoms. The number of nitrogens with zero attached hydrogens (tertiary/aromatic N) is 2. The molecule has 0 atom stereocenters. The van der Waals surface area contributed by atoms with Crippen LogP contribution in [0.3, 0.4) is 0 Å². The van der Waals surface area contributed by atoms with Gasteiger partial charge >= 0.3 is 0 Å². The lowest BCUT2D eigenvalue weighted by Crippen LogP contribution is -2.05. The quantitative estimate of drug-likeness (QED) is 0.441. The van der Waals surface area contributed by atoms with Crippen LogP contribution in [0.5, 0.6) is 11.5 Å². The van der Waals surface area contributed by atoms with Crippen molar-refractivity contribution in [2.24, 2.45) is 0 Å². The minimum absolute atomic E-state index is 0.793. The van der Waals surface area contributed by atoms with Gasteiger partial charge < -0.3 is 9.30 Å². The highest BCUT2D eigenvalue weighted by molar-refractivity contribution is 5.76. The van der Waals surface area contributed by atoms with E-state index in [4.69, 9.17) is 9.72 Å². The van der Waals surface area contributed by atoms with Crippen LogP contribution in [-0.2, 0) is 13.0 Å². The Morgan fingerprint density at radius 3 is 2.46 bits per heavy atom. The van der Waals surface area contributed by atoms with E-state index < -0.39 is 0 Å². The van der Waals surface area contributed by atoms with E-state index in [1.807, 2.05) is 48.5 Å². The van der Waals surface area contributed by atoms with Gasteiger partial charge in [-0.1, -0.05) is 49.4 Å². The molecule has 0 unspecified atom stereocenters. The first kappa shape index (κ1) is 16.4. The highest BCUT2D eigenvalue weighted by Crippen LogP contribution is 2.24. The zero-order chi connectivity index (χ0) is 17.8. The zero-order valence-corrected chi connectivity index (χ0v) is 14.9. The number of fused-ring (bicyclic) bond motifs is 1. The van der Waals surface area contributed by atoms with Gasteiger partial charge in [-0.25, -0.2) is 4.98 Å². The van der Waals surface area contributed by atoms with Crippen molar-refractivity contribution in [2.45, 2.75) is 26.3 Å². The highest BCUT2D eigenvalue weighted by atomic mass is 16.5. The molecule has 3 aromatic carbocycles. The molecule has 26 heavy (non-hydrogen) atoms. The average molecular weight is 342 g/mol. The molecular weight excluding hydrogens is 320 g/mol. The van der Waals surface area contributed by atoms with Gasteiger partial charge in [0.2, 0.25) is 0 Å². The monoisotopic (exact) mass is 342 g/mol. The molecule has 0 bridgehead atoms. The Hall–Kier alpha value is -3.07. The summed E-state index contributed by atoms with van der Waals surface area (Å²) in [4.78, 5) is 4.82. The van der Waals surface area contributed by atoms with E-state index in [1.54, 1.807) is 0 Å². The predicted octanol–water partition coefficient (Wildman–Crippen LogP) is 5.83. The average Bonchev–Trinajstić information content (AvgIpc) is 3.01. The lowest BCUT2D eigenvalue weighted by Gasteiger charge is -2.11. The van der Waals surface area contributed by atoms with E-state index >= 15 is 0 Å². The van der Waals surface area contributed by atoms with Crippen LogP contribution in [0, 0.1) is 0 Å². The van der Waals surface area contributed by atoms with Gasteiger partial charge in [0.25, 0.3) is 0 Å². The summed E-state index contributed by atoms with van der Waals surface area (Å²) in [5.74, 6) is 2.85. The number of imidazole rings is 1. The van der Waals surface area contributed by atoms with Gasteiger partial charge in [0.05, 0.1) is 11.0 Å². The molecule has 0 N–H and O–H groups in total. The number of aryl methyl sites for hydroxylation is 1. The van der Waals surface area contributed by atoms with Gasteiger partial charge in [-0.3, -0.25) is 0 Å². The van der Waals surface area contributed by atoms with Crippen LogP contribution in [0.4, 0.5) is 0 Å². The van der Waals surface area contributed by atoms with Crippen molar-refractivity contribution in [3.63, 3.8) is 0 Å². The third kappa shape index (κ3) is 3.47. The fourth-order valence-electron chi connectivity index (χ4n) is 3.23. The first-order valence-electron chi connectivity index (χ1n) is 9.09. The molecule has 0 spiro atoms. The van der Waals surface area contributed by atoms with Crippen molar-refractivity contribution < 1.29 is 4.74 Å². The second kappa shape index (κ2) is 7.44. The maximum Gasteiger partial charge on any atom is 0.127 e. The molecular formula is C23H22N2O. The first-order chi connectivity index (χ1) is 12.8. The maximum absolute atomic E-state index is 5.98. The lowest BCUT2D eigenvalue weighted by atomic mass is 10.2.